The SMILES string of the molecule is C#CCOc1c(I)cc(/C=N\NC(=O)Cc2csc(Nc3cccc(C(F)(F)F)c3)n2)cc1I. The van der Waals surface area contributed by atoms with Gasteiger partial charge < -0.3 is 10.1 Å². The number of terminal acetylenes is 1. The second kappa shape index (κ2) is 11.8. The lowest BCUT2D eigenvalue weighted by atomic mass is 10.2. The number of thiazole rings is 1. The van der Waals surface area contributed by atoms with Crippen LogP contribution in [0.3, 0.4) is 0 Å². The van der Waals surface area contributed by atoms with Crippen molar-refractivity contribution in [2.75, 3.05) is 11.9 Å². The molecule has 2 N–H and O–H groups in total. The highest BCUT2D eigenvalue weighted by atomic mass is 127. The molecule has 1 heterocycles. The molecule has 1 aromatic heterocycles. The first-order chi connectivity index (χ1) is 16.2. The van der Waals surface area contributed by atoms with Gasteiger partial charge in [-0.05, 0) is 81.1 Å². The zero-order valence-electron chi connectivity index (χ0n) is 17.1. The molecule has 0 aliphatic heterocycles. The second-order valence-electron chi connectivity index (χ2n) is 6.62. The highest BCUT2D eigenvalue weighted by Gasteiger charge is 2.30. The van der Waals surface area contributed by atoms with Crippen LogP contribution in [0.2, 0.25) is 0 Å². The van der Waals surface area contributed by atoms with Crippen LogP contribution in [-0.4, -0.2) is 23.7 Å². The summed E-state index contributed by atoms with van der Waals surface area (Å²) in [7, 11) is 0. The lowest BCUT2D eigenvalue weighted by Crippen LogP contribution is -2.20. The summed E-state index contributed by atoms with van der Waals surface area (Å²) in [6.07, 6.45) is 2.27. The predicted octanol–water partition coefficient (Wildman–Crippen LogP) is 5.82. The van der Waals surface area contributed by atoms with Crippen LogP contribution >= 0.6 is 56.5 Å². The molecule has 34 heavy (non-hydrogen) atoms. The van der Waals surface area contributed by atoms with Gasteiger partial charge in [0.15, 0.2) is 5.13 Å². The summed E-state index contributed by atoms with van der Waals surface area (Å²) in [6, 6.07) is 8.50. The van der Waals surface area contributed by atoms with E-state index >= 15 is 0 Å². The first-order valence-corrected chi connectivity index (χ1v) is 12.5. The normalized spacial score (nSPS) is 11.3. The van der Waals surface area contributed by atoms with Gasteiger partial charge in [-0.2, -0.15) is 18.3 Å². The fourth-order valence-electron chi connectivity index (χ4n) is 2.63. The Morgan fingerprint density at radius 3 is 2.68 bits per heavy atom. The summed E-state index contributed by atoms with van der Waals surface area (Å²) < 4.78 is 45.8. The molecule has 12 heteroatoms. The Balaban J connectivity index is 1.55. The average molecular weight is 710 g/mol. The molecule has 3 aromatic rings. The number of aromatic nitrogens is 1. The summed E-state index contributed by atoms with van der Waals surface area (Å²) in [5.74, 6) is 2.73. The zero-order chi connectivity index (χ0) is 24.7. The van der Waals surface area contributed by atoms with Gasteiger partial charge in [0.05, 0.1) is 31.0 Å². The Morgan fingerprint density at radius 1 is 1.26 bits per heavy atom. The second-order valence-corrected chi connectivity index (χ2v) is 9.81. The van der Waals surface area contributed by atoms with Gasteiger partial charge in [-0.15, -0.1) is 17.8 Å². The van der Waals surface area contributed by atoms with E-state index in [9.17, 15) is 18.0 Å². The molecule has 1 amide bonds. The summed E-state index contributed by atoms with van der Waals surface area (Å²) in [4.78, 5) is 16.4. The number of halogens is 5. The van der Waals surface area contributed by atoms with E-state index in [1.807, 2.05) is 12.1 Å². The molecule has 0 saturated carbocycles. The topological polar surface area (TPSA) is 75.6 Å². The maximum absolute atomic E-state index is 12.9. The van der Waals surface area contributed by atoms with Crippen molar-refractivity contribution in [1.82, 2.24) is 10.4 Å². The molecule has 0 aliphatic rings. The van der Waals surface area contributed by atoms with Gasteiger partial charge in [0.25, 0.3) is 0 Å². The number of hydrogen-bond acceptors (Lipinski definition) is 6. The molecule has 6 nitrogen and oxygen atoms in total. The van der Waals surface area contributed by atoms with Crippen molar-refractivity contribution in [2.24, 2.45) is 5.10 Å². The number of carbonyl (C=O) groups is 1. The first-order valence-electron chi connectivity index (χ1n) is 9.41. The van der Waals surface area contributed by atoms with Crippen LogP contribution in [0.4, 0.5) is 24.0 Å². The van der Waals surface area contributed by atoms with Crippen molar-refractivity contribution in [3.05, 3.63) is 65.7 Å². The van der Waals surface area contributed by atoms with Crippen LogP contribution in [0, 0.1) is 19.5 Å². The zero-order valence-corrected chi connectivity index (χ0v) is 22.3. The Morgan fingerprint density at radius 2 is 2.00 bits per heavy atom. The molecule has 2 aromatic carbocycles. The van der Waals surface area contributed by atoms with Crippen LogP contribution in [0.1, 0.15) is 16.8 Å². The lowest BCUT2D eigenvalue weighted by molar-refractivity contribution is -0.137. The fraction of sp³-hybridized carbons (Fsp3) is 0.136. The minimum atomic E-state index is -4.43. The van der Waals surface area contributed by atoms with Gasteiger partial charge in [-0.25, -0.2) is 10.4 Å². The Labute approximate surface area is 224 Å². The standard InChI is InChI=1S/C22H15F3I2N4O2S/c1-2-6-33-20-17(26)7-13(8-18(20)27)11-28-31-19(32)10-16-12-34-21(30-16)29-15-5-3-4-14(9-15)22(23,24)25/h1,3-5,7-9,11-12H,6,10H2,(H,29,30)(H,31,32)/b28-11-. The molecule has 0 spiro atoms. The lowest BCUT2D eigenvalue weighted by Gasteiger charge is -2.09. The highest BCUT2D eigenvalue weighted by molar-refractivity contribution is 14.1. The third-order valence-corrected chi connectivity index (χ3v) is 6.47. The van der Waals surface area contributed by atoms with E-state index in [0.717, 1.165) is 24.8 Å². The first kappa shape index (κ1) is 26.2. The van der Waals surface area contributed by atoms with Crippen LogP contribution in [-0.2, 0) is 17.4 Å². The molecule has 0 bridgehead atoms. The Kier molecular flexibility index (Phi) is 9.14. The van der Waals surface area contributed by atoms with E-state index in [4.69, 9.17) is 11.2 Å². The van der Waals surface area contributed by atoms with Crippen molar-refractivity contribution >= 4 is 79.5 Å². The number of rotatable bonds is 8. The molecule has 176 valence electrons. The Hall–Kier alpha value is -2.38. The average Bonchev–Trinajstić information content (AvgIpc) is 3.19. The molecule has 0 atom stereocenters. The minimum absolute atomic E-state index is 0.0357. The fourth-order valence-corrected chi connectivity index (χ4v) is 5.49. The molecule has 0 saturated heterocycles. The van der Waals surface area contributed by atoms with Gasteiger partial charge in [-0.1, -0.05) is 12.0 Å². The number of benzene rings is 2. The molecular weight excluding hydrogens is 695 g/mol. The summed E-state index contributed by atoms with van der Waals surface area (Å²) in [5, 5.41) is 8.82. The molecule has 0 unspecified atom stereocenters. The van der Waals surface area contributed by atoms with Crippen LogP contribution in [0.15, 0.2) is 46.9 Å². The molecular formula is C22H15F3I2N4O2S. The van der Waals surface area contributed by atoms with E-state index in [-0.39, 0.29) is 24.6 Å². The van der Waals surface area contributed by atoms with E-state index < -0.39 is 11.7 Å². The van der Waals surface area contributed by atoms with E-state index in [2.05, 4.69) is 71.9 Å². The van der Waals surface area contributed by atoms with Gasteiger partial charge in [-0.3, -0.25) is 4.79 Å². The van der Waals surface area contributed by atoms with Crippen molar-refractivity contribution < 1.29 is 22.7 Å². The number of nitrogens with zero attached hydrogens (tertiary/aromatic N) is 2. The van der Waals surface area contributed by atoms with Gasteiger partial charge in [0.1, 0.15) is 12.4 Å². The number of anilines is 2. The van der Waals surface area contributed by atoms with Crippen LogP contribution in [0.5, 0.6) is 5.75 Å². The number of nitrogens with one attached hydrogen (secondary N) is 2. The summed E-state index contributed by atoms with van der Waals surface area (Å²) in [5.41, 5.74) is 3.16. The van der Waals surface area contributed by atoms with Crippen molar-refractivity contribution in [1.29, 1.82) is 0 Å². The summed E-state index contributed by atoms with van der Waals surface area (Å²) in [6.45, 7) is 0.170. The molecule has 0 fully saturated rings. The van der Waals surface area contributed by atoms with Crippen LogP contribution in [0.25, 0.3) is 0 Å². The Bertz CT molecular complexity index is 1230. The molecule has 0 aliphatic carbocycles. The third-order valence-electron chi connectivity index (χ3n) is 4.06. The van der Waals surface area contributed by atoms with E-state index in [0.29, 0.717) is 16.6 Å². The smallest absolute Gasteiger partial charge is 0.416 e. The van der Waals surface area contributed by atoms with Gasteiger partial charge in [0.2, 0.25) is 5.91 Å². The highest BCUT2D eigenvalue weighted by Crippen LogP contribution is 2.32. The predicted molar refractivity (Wildman–Crippen MR) is 142 cm³/mol. The number of ether oxygens (including phenoxy) is 1. The minimum Gasteiger partial charge on any atom is -0.479 e. The number of alkyl halides is 3. The number of amides is 1. The van der Waals surface area contributed by atoms with Gasteiger partial charge >= 0.3 is 6.18 Å². The molecule has 3 rings (SSSR count). The van der Waals surface area contributed by atoms with Gasteiger partial charge in [0, 0.05) is 11.1 Å². The number of hydrazone groups is 1. The van der Waals surface area contributed by atoms with Crippen molar-refractivity contribution in [3.8, 4) is 18.1 Å². The van der Waals surface area contributed by atoms with Crippen molar-refractivity contribution in [3.63, 3.8) is 0 Å². The molecule has 0 radical (unpaired) electrons. The maximum atomic E-state index is 12.9. The monoisotopic (exact) mass is 710 g/mol. The largest absolute Gasteiger partial charge is 0.479 e. The number of hydrogen-bond donors (Lipinski definition) is 2. The van der Waals surface area contributed by atoms with E-state index in [1.165, 1.54) is 29.7 Å². The van der Waals surface area contributed by atoms with E-state index in [1.54, 1.807) is 5.38 Å². The van der Waals surface area contributed by atoms with Crippen molar-refractivity contribution in [2.45, 2.75) is 12.6 Å². The maximum Gasteiger partial charge on any atom is 0.416 e. The number of carbonyl (C=O) groups excluding carboxylic acids is 1. The van der Waals surface area contributed by atoms with Crippen LogP contribution < -0.4 is 15.5 Å². The summed E-state index contributed by atoms with van der Waals surface area (Å²) >= 11 is 5.44. The quantitative estimate of drug-likeness (QED) is 0.134. The third kappa shape index (κ3) is 7.57.